The minimum atomic E-state index is -0.563. The number of nitrogens with one attached hydrogen (secondary N) is 1. The first-order chi connectivity index (χ1) is 16.2. The average molecular weight is 469 g/mol. The molecule has 2 rings (SSSR count). The number of amides is 2. The summed E-state index contributed by atoms with van der Waals surface area (Å²) in [5, 5.41) is 2.96. The minimum absolute atomic E-state index is 0.0559. The number of hydrogen-bond acceptors (Lipinski definition) is 4. The molecule has 0 aliphatic rings. The lowest BCUT2D eigenvalue weighted by Gasteiger charge is -2.29. The van der Waals surface area contributed by atoms with Gasteiger partial charge in [0.15, 0.2) is 11.5 Å². The van der Waals surface area contributed by atoms with Crippen LogP contribution in [-0.4, -0.2) is 42.5 Å². The fourth-order valence-electron chi connectivity index (χ4n) is 3.57. The van der Waals surface area contributed by atoms with Gasteiger partial charge < -0.3 is 19.7 Å². The van der Waals surface area contributed by atoms with Crippen molar-refractivity contribution in [2.24, 2.45) is 5.92 Å². The summed E-state index contributed by atoms with van der Waals surface area (Å²) in [6, 6.07) is 13.3. The van der Waals surface area contributed by atoms with Crippen LogP contribution in [0.4, 0.5) is 0 Å². The van der Waals surface area contributed by atoms with Crippen molar-refractivity contribution in [3.05, 3.63) is 59.2 Å². The third kappa shape index (κ3) is 8.40. The maximum absolute atomic E-state index is 13.3. The third-order valence-corrected chi connectivity index (χ3v) is 5.56. The highest BCUT2D eigenvalue weighted by molar-refractivity contribution is 5.87. The van der Waals surface area contributed by atoms with Crippen LogP contribution in [0, 0.1) is 12.8 Å². The van der Waals surface area contributed by atoms with E-state index in [0.29, 0.717) is 56.6 Å². The second-order valence-electron chi connectivity index (χ2n) is 8.97. The van der Waals surface area contributed by atoms with Gasteiger partial charge in [0.1, 0.15) is 6.04 Å². The van der Waals surface area contributed by atoms with Crippen molar-refractivity contribution < 1.29 is 19.1 Å². The molecule has 0 aromatic heterocycles. The summed E-state index contributed by atoms with van der Waals surface area (Å²) in [7, 11) is 0. The Labute approximate surface area is 204 Å². The van der Waals surface area contributed by atoms with E-state index in [0.717, 1.165) is 16.7 Å². The van der Waals surface area contributed by atoms with E-state index < -0.39 is 6.04 Å². The van der Waals surface area contributed by atoms with E-state index in [9.17, 15) is 9.59 Å². The molecule has 0 fully saturated rings. The number of aryl methyl sites for hydroxylation is 2. The van der Waals surface area contributed by atoms with E-state index in [1.807, 2.05) is 77.1 Å². The Morgan fingerprint density at radius 1 is 0.912 bits per heavy atom. The Hall–Kier alpha value is -3.02. The van der Waals surface area contributed by atoms with Gasteiger partial charge in [0.25, 0.3) is 0 Å². The number of rotatable bonds is 13. The normalized spacial score (nSPS) is 11.7. The van der Waals surface area contributed by atoms with Crippen molar-refractivity contribution in [1.82, 2.24) is 10.2 Å². The standard InChI is InChI=1S/C28H40N2O4/c1-7-33-25-15-13-23(17-26(25)34-8-2)14-16-27(31)30(19-24-11-9-21(5)10-12-24)22(6)28(32)29-18-20(3)4/h9-13,15,17,20,22H,7-8,14,16,18-19H2,1-6H3,(H,29,32)/t22-/m1/s1. The topological polar surface area (TPSA) is 67.9 Å². The molecule has 0 heterocycles. The predicted octanol–water partition coefficient (Wildman–Crippen LogP) is 4.91. The molecule has 186 valence electrons. The number of nitrogens with zero attached hydrogens (tertiary/aromatic N) is 1. The van der Waals surface area contributed by atoms with Crippen molar-refractivity contribution in [2.75, 3.05) is 19.8 Å². The zero-order chi connectivity index (χ0) is 25.1. The highest BCUT2D eigenvalue weighted by atomic mass is 16.5. The zero-order valence-corrected chi connectivity index (χ0v) is 21.5. The summed E-state index contributed by atoms with van der Waals surface area (Å²) in [5.74, 6) is 1.55. The van der Waals surface area contributed by atoms with Gasteiger partial charge in [-0.1, -0.05) is 49.7 Å². The number of ether oxygens (including phenoxy) is 2. The molecule has 0 aliphatic carbocycles. The van der Waals surface area contributed by atoms with Gasteiger partial charge in [-0.05, 0) is 63.3 Å². The SMILES string of the molecule is CCOc1ccc(CCC(=O)N(Cc2ccc(C)cc2)[C@H](C)C(=O)NCC(C)C)cc1OCC. The Bertz CT molecular complexity index is 925. The van der Waals surface area contributed by atoms with Gasteiger partial charge >= 0.3 is 0 Å². The van der Waals surface area contributed by atoms with E-state index in [1.54, 1.807) is 11.8 Å². The van der Waals surface area contributed by atoms with Gasteiger partial charge in [-0.2, -0.15) is 0 Å². The smallest absolute Gasteiger partial charge is 0.242 e. The van der Waals surface area contributed by atoms with Gasteiger partial charge in [-0.3, -0.25) is 9.59 Å². The highest BCUT2D eigenvalue weighted by Crippen LogP contribution is 2.29. The first kappa shape index (κ1) is 27.2. The lowest BCUT2D eigenvalue weighted by Crippen LogP contribution is -2.48. The van der Waals surface area contributed by atoms with E-state index in [-0.39, 0.29) is 11.8 Å². The zero-order valence-electron chi connectivity index (χ0n) is 21.5. The Kier molecular flexibility index (Phi) is 10.9. The van der Waals surface area contributed by atoms with Crippen LogP contribution in [-0.2, 0) is 22.6 Å². The molecule has 6 heteroatoms. The molecule has 2 aromatic carbocycles. The summed E-state index contributed by atoms with van der Waals surface area (Å²) < 4.78 is 11.4. The van der Waals surface area contributed by atoms with Gasteiger partial charge in [0, 0.05) is 19.5 Å². The molecule has 0 aliphatic heterocycles. The molecule has 0 radical (unpaired) electrons. The van der Waals surface area contributed by atoms with E-state index in [1.165, 1.54) is 0 Å². The van der Waals surface area contributed by atoms with Crippen LogP contribution in [0.15, 0.2) is 42.5 Å². The molecule has 0 unspecified atom stereocenters. The molecule has 6 nitrogen and oxygen atoms in total. The monoisotopic (exact) mass is 468 g/mol. The van der Waals surface area contributed by atoms with Crippen LogP contribution in [0.3, 0.4) is 0 Å². The van der Waals surface area contributed by atoms with Crippen molar-refractivity contribution in [3.8, 4) is 11.5 Å². The maximum Gasteiger partial charge on any atom is 0.242 e. The van der Waals surface area contributed by atoms with Crippen molar-refractivity contribution >= 4 is 11.8 Å². The van der Waals surface area contributed by atoms with Crippen LogP contribution in [0.2, 0.25) is 0 Å². The summed E-state index contributed by atoms with van der Waals surface area (Å²) >= 11 is 0. The van der Waals surface area contributed by atoms with Crippen LogP contribution in [0.5, 0.6) is 11.5 Å². The number of benzene rings is 2. The van der Waals surface area contributed by atoms with Crippen LogP contribution in [0.25, 0.3) is 0 Å². The number of hydrogen-bond donors (Lipinski definition) is 1. The van der Waals surface area contributed by atoms with Crippen LogP contribution in [0.1, 0.15) is 57.7 Å². The Morgan fingerprint density at radius 2 is 1.53 bits per heavy atom. The fraction of sp³-hybridized carbons (Fsp3) is 0.500. The van der Waals surface area contributed by atoms with Gasteiger partial charge in [0.2, 0.25) is 11.8 Å². The lowest BCUT2D eigenvalue weighted by molar-refractivity contribution is -0.140. The summed E-state index contributed by atoms with van der Waals surface area (Å²) in [4.78, 5) is 27.8. The molecule has 34 heavy (non-hydrogen) atoms. The second kappa shape index (κ2) is 13.6. The lowest BCUT2D eigenvalue weighted by atomic mass is 10.1. The molecular weight excluding hydrogens is 428 g/mol. The summed E-state index contributed by atoms with van der Waals surface area (Å²) in [5.41, 5.74) is 3.15. The fourth-order valence-corrected chi connectivity index (χ4v) is 3.57. The highest BCUT2D eigenvalue weighted by Gasteiger charge is 2.26. The summed E-state index contributed by atoms with van der Waals surface area (Å²) in [6.07, 6.45) is 0.850. The van der Waals surface area contributed by atoms with Gasteiger partial charge in [-0.15, -0.1) is 0 Å². The van der Waals surface area contributed by atoms with Crippen LogP contribution < -0.4 is 14.8 Å². The molecule has 0 saturated carbocycles. The van der Waals surface area contributed by atoms with Crippen molar-refractivity contribution in [2.45, 2.75) is 67.0 Å². The van der Waals surface area contributed by atoms with E-state index in [2.05, 4.69) is 5.32 Å². The first-order valence-corrected chi connectivity index (χ1v) is 12.3. The molecule has 0 bridgehead atoms. The van der Waals surface area contributed by atoms with Gasteiger partial charge in [-0.25, -0.2) is 0 Å². The molecule has 0 saturated heterocycles. The molecule has 0 spiro atoms. The van der Waals surface area contributed by atoms with E-state index >= 15 is 0 Å². The Morgan fingerprint density at radius 3 is 2.15 bits per heavy atom. The second-order valence-corrected chi connectivity index (χ2v) is 8.97. The molecule has 2 aromatic rings. The summed E-state index contributed by atoms with van der Waals surface area (Å²) in [6.45, 7) is 13.9. The Balaban J connectivity index is 2.16. The quantitative estimate of drug-likeness (QED) is 0.453. The predicted molar refractivity (Wildman–Crippen MR) is 136 cm³/mol. The molecule has 2 amide bonds. The van der Waals surface area contributed by atoms with Crippen molar-refractivity contribution in [1.29, 1.82) is 0 Å². The van der Waals surface area contributed by atoms with E-state index in [4.69, 9.17) is 9.47 Å². The molecular formula is C28H40N2O4. The molecule has 1 atom stereocenters. The van der Waals surface area contributed by atoms with Crippen molar-refractivity contribution in [3.63, 3.8) is 0 Å². The number of carbonyl (C=O) groups excluding carboxylic acids is 2. The van der Waals surface area contributed by atoms with Gasteiger partial charge in [0.05, 0.1) is 13.2 Å². The maximum atomic E-state index is 13.3. The molecule has 1 N–H and O–H groups in total. The third-order valence-electron chi connectivity index (χ3n) is 5.56. The largest absolute Gasteiger partial charge is 0.490 e. The average Bonchev–Trinajstić information content (AvgIpc) is 2.81. The first-order valence-electron chi connectivity index (χ1n) is 12.3. The minimum Gasteiger partial charge on any atom is -0.490 e. The number of carbonyl (C=O) groups is 2. The van der Waals surface area contributed by atoms with Crippen LogP contribution >= 0.6 is 0 Å².